The van der Waals surface area contributed by atoms with E-state index in [1.165, 1.54) is 13.2 Å². The summed E-state index contributed by atoms with van der Waals surface area (Å²) in [6.07, 6.45) is -0.00260. The molecule has 0 bridgehead atoms. The molecule has 100 valence electrons. The van der Waals surface area contributed by atoms with E-state index in [9.17, 15) is 15.2 Å². The molecule has 1 atom stereocenters. The van der Waals surface area contributed by atoms with Gasteiger partial charge in [-0.25, -0.2) is 0 Å². The standard InChI is InChI=1S/C12H18N2O4/c1-9-11(4-3-5-12(9)14(16)17)13-7-6-10(15)8-18-2/h3-5,10,13,15H,6-8H2,1-2H3. The molecule has 0 spiro atoms. The van der Waals surface area contributed by atoms with Gasteiger partial charge in [0.15, 0.2) is 0 Å². The fourth-order valence-electron chi connectivity index (χ4n) is 1.66. The van der Waals surface area contributed by atoms with Gasteiger partial charge in [-0.1, -0.05) is 6.07 Å². The lowest BCUT2D eigenvalue weighted by Crippen LogP contribution is -2.18. The number of nitrogens with one attached hydrogen (secondary N) is 1. The number of nitro benzene ring substituents is 1. The monoisotopic (exact) mass is 254 g/mol. The average molecular weight is 254 g/mol. The minimum atomic E-state index is -0.526. The molecular weight excluding hydrogens is 236 g/mol. The predicted molar refractivity (Wildman–Crippen MR) is 68.8 cm³/mol. The molecule has 1 aromatic rings. The van der Waals surface area contributed by atoms with Crippen LogP contribution in [0, 0.1) is 17.0 Å². The molecule has 0 amide bonds. The maximum Gasteiger partial charge on any atom is 0.274 e. The summed E-state index contributed by atoms with van der Waals surface area (Å²) in [4.78, 5) is 10.4. The Morgan fingerprint density at radius 1 is 1.56 bits per heavy atom. The zero-order valence-electron chi connectivity index (χ0n) is 10.5. The van der Waals surface area contributed by atoms with Crippen molar-refractivity contribution in [3.63, 3.8) is 0 Å². The summed E-state index contributed by atoms with van der Waals surface area (Å²) < 4.78 is 4.81. The third-order valence-electron chi connectivity index (χ3n) is 2.65. The second-order valence-corrected chi connectivity index (χ2v) is 4.03. The number of benzene rings is 1. The molecule has 0 aromatic heterocycles. The number of methoxy groups -OCH3 is 1. The van der Waals surface area contributed by atoms with Crippen LogP contribution in [0.25, 0.3) is 0 Å². The van der Waals surface area contributed by atoms with E-state index in [-0.39, 0.29) is 12.3 Å². The van der Waals surface area contributed by atoms with Crippen LogP contribution in [0.3, 0.4) is 0 Å². The highest BCUT2D eigenvalue weighted by molar-refractivity contribution is 5.59. The average Bonchev–Trinajstić information content (AvgIpc) is 2.31. The minimum Gasteiger partial charge on any atom is -0.391 e. The summed E-state index contributed by atoms with van der Waals surface area (Å²) in [5.41, 5.74) is 1.41. The van der Waals surface area contributed by atoms with Crippen molar-refractivity contribution in [3.05, 3.63) is 33.9 Å². The summed E-state index contributed by atoms with van der Waals surface area (Å²) in [6, 6.07) is 4.89. The Morgan fingerprint density at radius 2 is 2.28 bits per heavy atom. The summed E-state index contributed by atoms with van der Waals surface area (Å²) in [6.45, 7) is 2.52. The Labute approximate surface area is 106 Å². The number of nitro groups is 1. The lowest BCUT2D eigenvalue weighted by Gasteiger charge is -2.12. The molecule has 0 aliphatic rings. The van der Waals surface area contributed by atoms with Crippen LogP contribution in [-0.4, -0.2) is 36.4 Å². The van der Waals surface area contributed by atoms with Crippen LogP contribution in [0.1, 0.15) is 12.0 Å². The SMILES string of the molecule is COCC(O)CCNc1cccc([N+](=O)[O-])c1C. The third-order valence-corrected chi connectivity index (χ3v) is 2.65. The molecule has 0 aliphatic carbocycles. The molecule has 1 rings (SSSR count). The Kier molecular flexibility index (Phi) is 5.54. The maximum absolute atomic E-state index is 10.8. The highest BCUT2D eigenvalue weighted by atomic mass is 16.6. The first kappa shape index (κ1) is 14.4. The number of anilines is 1. The summed E-state index contributed by atoms with van der Waals surface area (Å²) >= 11 is 0. The number of hydrogen-bond donors (Lipinski definition) is 2. The van der Waals surface area contributed by atoms with Crippen molar-refractivity contribution in [1.82, 2.24) is 0 Å². The van der Waals surface area contributed by atoms with Gasteiger partial charge in [-0.3, -0.25) is 10.1 Å². The quantitative estimate of drug-likeness (QED) is 0.571. The van der Waals surface area contributed by atoms with Gasteiger partial charge in [0.25, 0.3) is 5.69 Å². The van der Waals surface area contributed by atoms with Crippen LogP contribution in [0.5, 0.6) is 0 Å². The van der Waals surface area contributed by atoms with Gasteiger partial charge in [0, 0.05) is 31.0 Å². The molecule has 0 aliphatic heterocycles. The van der Waals surface area contributed by atoms with Crippen LogP contribution in [0.15, 0.2) is 18.2 Å². The second-order valence-electron chi connectivity index (χ2n) is 4.03. The van der Waals surface area contributed by atoms with Gasteiger partial charge in [-0.05, 0) is 19.4 Å². The zero-order valence-corrected chi connectivity index (χ0v) is 10.5. The molecule has 2 N–H and O–H groups in total. The largest absolute Gasteiger partial charge is 0.391 e. The molecule has 6 nitrogen and oxygen atoms in total. The van der Waals surface area contributed by atoms with E-state index in [1.807, 2.05) is 0 Å². The van der Waals surface area contributed by atoms with Crippen molar-refractivity contribution in [3.8, 4) is 0 Å². The molecule has 1 unspecified atom stereocenters. The first-order chi connectivity index (χ1) is 8.56. The van der Waals surface area contributed by atoms with Gasteiger partial charge in [-0.2, -0.15) is 0 Å². The summed E-state index contributed by atoms with van der Waals surface area (Å²) in [7, 11) is 1.53. The normalized spacial score (nSPS) is 12.2. The van der Waals surface area contributed by atoms with Gasteiger partial charge in [0.1, 0.15) is 0 Å². The summed E-state index contributed by atoms with van der Waals surface area (Å²) in [5, 5.41) is 23.3. The van der Waals surface area contributed by atoms with Crippen LogP contribution in [0.2, 0.25) is 0 Å². The third kappa shape index (κ3) is 3.97. The Morgan fingerprint density at radius 3 is 2.89 bits per heavy atom. The molecule has 1 aromatic carbocycles. The zero-order chi connectivity index (χ0) is 13.5. The van der Waals surface area contributed by atoms with E-state index in [4.69, 9.17) is 4.74 Å². The van der Waals surface area contributed by atoms with Gasteiger partial charge in [0.2, 0.25) is 0 Å². The predicted octanol–water partition coefficient (Wildman–Crippen LogP) is 1.71. The van der Waals surface area contributed by atoms with E-state index < -0.39 is 11.0 Å². The molecule has 0 radical (unpaired) electrons. The van der Waals surface area contributed by atoms with E-state index in [1.54, 1.807) is 19.1 Å². The second kappa shape index (κ2) is 6.93. The van der Waals surface area contributed by atoms with Crippen molar-refractivity contribution in [1.29, 1.82) is 0 Å². The van der Waals surface area contributed by atoms with Crippen molar-refractivity contribution < 1.29 is 14.8 Å². The Balaban J connectivity index is 2.57. The molecule has 0 saturated carbocycles. The lowest BCUT2D eigenvalue weighted by atomic mass is 10.1. The van der Waals surface area contributed by atoms with Crippen molar-refractivity contribution in [2.75, 3.05) is 25.6 Å². The van der Waals surface area contributed by atoms with Crippen molar-refractivity contribution in [2.45, 2.75) is 19.4 Å². The number of aliphatic hydroxyl groups is 1. The van der Waals surface area contributed by atoms with Gasteiger partial charge >= 0.3 is 0 Å². The number of hydrogen-bond acceptors (Lipinski definition) is 5. The number of rotatable bonds is 7. The van der Waals surface area contributed by atoms with Gasteiger partial charge in [-0.15, -0.1) is 0 Å². The van der Waals surface area contributed by atoms with E-state index in [0.717, 1.165) is 0 Å². The molecule has 0 fully saturated rings. The maximum atomic E-state index is 10.8. The number of ether oxygens (including phenoxy) is 1. The number of nitrogens with zero attached hydrogens (tertiary/aromatic N) is 1. The fourth-order valence-corrected chi connectivity index (χ4v) is 1.66. The van der Waals surface area contributed by atoms with Crippen LogP contribution in [-0.2, 0) is 4.74 Å². The van der Waals surface area contributed by atoms with E-state index in [0.29, 0.717) is 24.2 Å². The molecule has 0 heterocycles. The van der Waals surface area contributed by atoms with E-state index in [2.05, 4.69) is 5.32 Å². The first-order valence-corrected chi connectivity index (χ1v) is 5.71. The van der Waals surface area contributed by atoms with Crippen molar-refractivity contribution in [2.24, 2.45) is 0 Å². The Bertz CT molecular complexity index is 409. The molecule has 6 heteroatoms. The van der Waals surface area contributed by atoms with E-state index >= 15 is 0 Å². The van der Waals surface area contributed by atoms with Crippen LogP contribution >= 0.6 is 0 Å². The summed E-state index contributed by atoms with van der Waals surface area (Å²) in [5.74, 6) is 0. The lowest BCUT2D eigenvalue weighted by molar-refractivity contribution is -0.385. The molecular formula is C12H18N2O4. The first-order valence-electron chi connectivity index (χ1n) is 5.71. The molecule has 0 saturated heterocycles. The molecule has 18 heavy (non-hydrogen) atoms. The van der Waals surface area contributed by atoms with Gasteiger partial charge in [0.05, 0.1) is 17.6 Å². The number of aliphatic hydroxyl groups excluding tert-OH is 1. The minimum absolute atomic E-state index is 0.0949. The smallest absolute Gasteiger partial charge is 0.274 e. The van der Waals surface area contributed by atoms with Crippen LogP contribution in [0.4, 0.5) is 11.4 Å². The Hall–Kier alpha value is -1.66. The van der Waals surface area contributed by atoms with Gasteiger partial charge < -0.3 is 15.2 Å². The van der Waals surface area contributed by atoms with Crippen molar-refractivity contribution >= 4 is 11.4 Å². The van der Waals surface area contributed by atoms with Crippen LogP contribution < -0.4 is 5.32 Å². The highest BCUT2D eigenvalue weighted by Crippen LogP contribution is 2.24. The highest BCUT2D eigenvalue weighted by Gasteiger charge is 2.13. The topological polar surface area (TPSA) is 84.6 Å². The fraction of sp³-hybridized carbons (Fsp3) is 0.500.